The van der Waals surface area contributed by atoms with E-state index in [1.54, 1.807) is 36.4 Å². The van der Waals surface area contributed by atoms with E-state index >= 15 is 0 Å². The number of benzene rings is 4. The van der Waals surface area contributed by atoms with E-state index in [4.69, 9.17) is 0 Å². The number of hydrogen-bond acceptors (Lipinski definition) is 4. The van der Waals surface area contributed by atoms with Gasteiger partial charge in [-0.2, -0.15) is 0 Å². The van der Waals surface area contributed by atoms with Crippen molar-refractivity contribution in [2.45, 2.75) is 56.6 Å². The summed E-state index contributed by atoms with van der Waals surface area (Å²) in [4.78, 5) is 29.1. The molecule has 0 aromatic heterocycles. The number of halogens is 1. The van der Waals surface area contributed by atoms with Gasteiger partial charge in [-0.25, -0.2) is 12.8 Å². The second-order valence-corrected chi connectivity index (χ2v) is 12.6. The van der Waals surface area contributed by atoms with Crippen molar-refractivity contribution < 1.29 is 22.4 Å². The van der Waals surface area contributed by atoms with E-state index in [0.29, 0.717) is 16.6 Å². The maximum Gasteiger partial charge on any atom is 0.265 e. The Morgan fingerprint density at radius 2 is 1.60 bits per heavy atom. The average Bonchev–Trinajstić information content (AvgIpc) is 3.19. The van der Waals surface area contributed by atoms with Crippen LogP contribution in [0.2, 0.25) is 0 Å². The molecule has 1 N–H and O–H groups in total. The highest BCUT2D eigenvalue weighted by atomic mass is 32.2. The van der Waals surface area contributed by atoms with Gasteiger partial charge in [0, 0.05) is 42.9 Å². The van der Waals surface area contributed by atoms with Gasteiger partial charge in [0.05, 0.1) is 10.6 Å². The van der Waals surface area contributed by atoms with Crippen LogP contribution in [0.3, 0.4) is 0 Å². The van der Waals surface area contributed by atoms with Gasteiger partial charge >= 0.3 is 0 Å². The van der Waals surface area contributed by atoms with Crippen molar-refractivity contribution >= 4 is 38.3 Å². The van der Waals surface area contributed by atoms with Crippen molar-refractivity contribution in [1.29, 1.82) is 0 Å². The summed E-state index contributed by atoms with van der Waals surface area (Å²) in [6, 6.07) is 25.2. The van der Waals surface area contributed by atoms with Gasteiger partial charge < -0.3 is 10.2 Å². The molecule has 0 unspecified atom stereocenters. The van der Waals surface area contributed by atoms with Gasteiger partial charge in [-0.05, 0) is 49.4 Å². The number of nitrogens with zero attached hydrogens (tertiary/aromatic N) is 2. The molecule has 42 heavy (non-hydrogen) atoms. The van der Waals surface area contributed by atoms with Crippen LogP contribution in [0, 0.1) is 5.82 Å². The summed E-state index contributed by atoms with van der Waals surface area (Å²) >= 11 is 0. The number of carbonyl (C=O) groups is 2. The van der Waals surface area contributed by atoms with Crippen LogP contribution in [0.15, 0.2) is 95.9 Å². The molecule has 0 radical (unpaired) electrons. The number of sulfonamides is 1. The van der Waals surface area contributed by atoms with E-state index in [9.17, 15) is 22.4 Å². The lowest BCUT2D eigenvalue weighted by Gasteiger charge is -2.32. The molecule has 7 nitrogen and oxygen atoms in total. The SMILES string of the molecule is CC(C)NC(=O)[C@@H](Cc1ccccc1)N(Cc1ccccc1F)C(=O)CCCN1c2cccc3cccc(c23)S1(=O)=O. The normalized spacial score (nSPS) is 14.2. The van der Waals surface area contributed by atoms with Crippen LogP contribution in [0.1, 0.15) is 37.8 Å². The van der Waals surface area contributed by atoms with Crippen LogP contribution in [-0.2, 0) is 32.6 Å². The van der Waals surface area contributed by atoms with Gasteiger partial charge in [-0.1, -0.05) is 72.8 Å². The van der Waals surface area contributed by atoms with Crippen LogP contribution in [0.4, 0.5) is 10.1 Å². The lowest BCUT2D eigenvalue weighted by molar-refractivity contribution is -0.141. The summed E-state index contributed by atoms with van der Waals surface area (Å²) in [6.45, 7) is 3.68. The molecule has 4 aromatic carbocycles. The smallest absolute Gasteiger partial charge is 0.265 e. The first kappa shape index (κ1) is 29.3. The van der Waals surface area contributed by atoms with Crippen molar-refractivity contribution in [2.24, 2.45) is 0 Å². The van der Waals surface area contributed by atoms with E-state index in [0.717, 1.165) is 10.9 Å². The van der Waals surface area contributed by atoms with Gasteiger partial charge in [0.1, 0.15) is 11.9 Å². The highest BCUT2D eigenvalue weighted by Gasteiger charge is 2.36. The van der Waals surface area contributed by atoms with Crippen molar-refractivity contribution in [3.8, 4) is 0 Å². The third kappa shape index (κ3) is 6.01. The average molecular weight is 588 g/mol. The standard InChI is InChI=1S/C33H34FN3O4S/c1-23(2)35-33(39)29(21-24-11-4-3-5-12-24)36(22-26-13-6-7-16-27(26)34)31(38)19-10-20-37-28-17-8-14-25-15-9-18-30(32(25)28)42(37,40)41/h3-9,11-18,23,29H,10,19-22H2,1-2H3,(H,35,39)/t29-/m1/s1. The molecule has 218 valence electrons. The van der Waals surface area contributed by atoms with Gasteiger partial charge in [-0.15, -0.1) is 0 Å². The highest BCUT2D eigenvalue weighted by Crippen LogP contribution is 2.42. The van der Waals surface area contributed by atoms with E-state index in [1.807, 2.05) is 62.4 Å². The molecule has 0 bridgehead atoms. The third-order valence-electron chi connectivity index (χ3n) is 7.43. The lowest BCUT2D eigenvalue weighted by Crippen LogP contribution is -2.52. The van der Waals surface area contributed by atoms with Crippen molar-refractivity contribution in [3.63, 3.8) is 0 Å². The molecule has 9 heteroatoms. The topological polar surface area (TPSA) is 86.8 Å². The quantitative estimate of drug-likeness (QED) is 0.254. The van der Waals surface area contributed by atoms with Crippen molar-refractivity contribution in [2.75, 3.05) is 10.8 Å². The molecule has 1 heterocycles. The molecule has 1 aliphatic rings. The summed E-state index contributed by atoms with van der Waals surface area (Å²) in [5.74, 6) is -1.15. The van der Waals surface area contributed by atoms with E-state index in [1.165, 1.54) is 15.3 Å². The number of hydrogen-bond donors (Lipinski definition) is 1. The molecule has 0 fully saturated rings. The first-order valence-electron chi connectivity index (χ1n) is 14.1. The molecule has 1 atom stereocenters. The number of rotatable bonds is 11. The van der Waals surface area contributed by atoms with Crippen molar-refractivity contribution in [3.05, 3.63) is 108 Å². The molecule has 0 aliphatic carbocycles. The summed E-state index contributed by atoms with van der Waals surface area (Å²) < 4.78 is 42.9. The Kier molecular flexibility index (Phi) is 8.59. The Balaban J connectivity index is 1.40. The van der Waals surface area contributed by atoms with Gasteiger partial charge in [0.15, 0.2) is 0 Å². The summed E-state index contributed by atoms with van der Waals surface area (Å²) in [6.07, 6.45) is 0.449. The van der Waals surface area contributed by atoms with Gasteiger partial charge in [-0.3, -0.25) is 13.9 Å². The first-order valence-corrected chi connectivity index (χ1v) is 15.5. The summed E-state index contributed by atoms with van der Waals surface area (Å²) in [5.41, 5.74) is 1.75. The maximum atomic E-state index is 14.8. The fourth-order valence-corrected chi connectivity index (χ4v) is 7.21. The molecule has 4 aromatic rings. The first-order chi connectivity index (χ1) is 20.2. The summed E-state index contributed by atoms with van der Waals surface area (Å²) in [7, 11) is -3.76. The molecule has 1 aliphatic heterocycles. The monoisotopic (exact) mass is 587 g/mol. The van der Waals surface area contributed by atoms with Crippen LogP contribution in [0.5, 0.6) is 0 Å². The van der Waals surface area contributed by atoms with Gasteiger partial charge in [0.25, 0.3) is 10.0 Å². The zero-order valence-corrected chi connectivity index (χ0v) is 24.5. The Morgan fingerprint density at radius 3 is 2.31 bits per heavy atom. The third-order valence-corrected chi connectivity index (χ3v) is 9.29. The molecule has 2 amide bonds. The Labute approximate surface area is 246 Å². The summed E-state index contributed by atoms with van der Waals surface area (Å²) in [5, 5.41) is 4.44. The van der Waals surface area contributed by atoms with Crippen molar-refractivity contribution in [1.82, 2.24) is 10.2 Å². The second kappa shape index (κ2) is 12.3. The fraction of sp³-hybridized carbons (Fsp3) is 0.273. The zero-order valence-electron chi connectivity index (χ0n) is 23.7. The zero-order chi connectivity index (χ0) is 29.9. The van der Waals surface area contributed by atoms with Crippen LogP contribution < -0.4 is 9.62 Å². The van der Waals surface area contributed by atoms with Crippen LogP contribution in [-0.4, -0.2) is 43.8 Å². The minimum absolute atomic E-state index is 0.0208. The number of carbonyl (C=O) groups excluding carboxylic acids is 2. The molecule has 0 saturated carbocycles. The second-order valence-electron chi connectivity index (χ2n) is 10.8. The Morgan fingerprint density at radius 1 is 0.905 bits per heavy atom. The number of amides is 2. The predicted octanol–water partition coefficient (Wildman–Crippen LogP) is 5.43. The highest BCUT2D eigenvalue weighted by molar-refractivity contribution is 7.93. The number of anilines is 1. The Hall–Kier alpha value is -4.24. The lowest BCUT2D eigenvalue weighted by atomic mass is 10.0. The molecular weight excluding hydrogens is 553 g/mol. The Bertz CT molecular complexity index is 1700. The molecule has 0 spiro atoms. The van der Waals surface area contributed by atoms with E-state index < -0.39 is 21.9 Å². The minimum atomic E-state index is -3.76. The number of nitrogens with one attached hydrogen (secondary N) is 1. The van der Waals surface area contributed by atoms with E-state index in [-0.39, 0.29) is 55.1 Å². The van der Waals surface area contributed by atoms with Crippen LogP contribution in [0.25, 0.3) is 10.8 Å². The predicted molar refractivity (Wildman–Crippen MR) is 162 cm³/mol. The molecular formula is C33H34FN3O4S. The molecule has 0 saturated heterocycles. The van der Waals surface area contributed by atoms with E-state index in [2.05, 4.69) is 5.32 Å². The maximum absolute atomic E-state index is 14.8. The van der Waals surface area contributed by atoms with Gasteiger partial charge in [0.2, 0.25) is 11.8 Å². The largest absolute Gasteiger partial charge is 0.352 e. The fourth-order valence-electron chi connectivity index (χ4n) is 5.46. The molecule has 5 rings (SSSR count). The minimum Gasteiger partial charge on any atom is -0.352 e. The van der Waals surface area contributed by atoms with Crippen LogP contribution >= 0.6 is 0 Å².